The summed E-state index contributed by atoms with van der Waals surface area (Å²) in [5, 5.41) is 17.9. The molecule has 8 nitrogen and oxygen atoms in total. The van der Waals surface area contributed by atoms with Crippen LogP contribution in [0, 0.1) is 5.41 Å². The van der Waals surface area contributed by atoms with Gasteiger partial charge in [-0.3, -0.25) is 15.2 Å². The van der Waals surface area contributed by atoms with E-state index in [-0.39, 0.29) is 12.4 Å². The summed E-state index contributed by atoms with van der Waals surface area (Å²) in [5.74, 6) is 2.19. The van der Waals surface area contributed by atoms with Crippen molar-refractivity contribution in [2.75, 3.05) is 53.6 Å². The zero-order valence-electron chi connectivity index (χ0n) is 18.2. The van der Waals surface area contributed by atoms with Gasteiger partial charge in [0.2, 0.25) is 0 Å². The number of aliphatic hydroxyl groups excluding tert-OH is 1. The van der Waals surface area contributed by atoms with E-state index in [9.17, 15) is 5.11 Å². The number of β-amino-alcohol motifs (C(OH)–C–C–N with tert-alkyl or cyclic N) is 1. The first-order valence-electron chi connectivity index (χ1n) is 10.4. The molecular formula is C23H32N4O4. The van der Waals surface area contributed by atoms with E-state index in [0.29, 0.717) is 17.9 Å². The Morgan fingerprint density at radius 1 is 1.00 bits per heavy atom. The molecule has 0 saturated carbocycles. The number of amidine groups is 1. The van der Waals surface area contributed by atoms with Crippen LogP contribution in [0.5, 0.6) is 17.2 Å². The largest absolute Gasteiger partial charge is 0.497 e. The molecule has 1 atom stereocenters. The zero-order valence-corrected chi connectivity index (χ0v) is 18.2. The number of nitrogens with one attached hydrogen (secondary N) is 1. The normalized spacial score (nSPS) is 16.0. The smallest absolute Gasteiger partial charge is 0.122 e. The van der Waals surface area contributed by atoms with Crippen molar-refractivity contribution in [1.82, 2.24) is 9.80 Å². The fourth-order valence-corrected chi connectivity index (χ4v) is 3.64. The highest BCUT2D eigenvalue weighted by molar-refractivity contribution is 5.95. The van der Waals surface area contributed by atoms with E-state index in [4.69, 9.17) is 25.4 Å². The van der Waals surface area contributed by atoms with Crippen molar-refractivity contribution in [1.29, 1.82) is 5.41 Å². The predicted molar refractivity (Wildman–Crippen MR) is 120 cm³/mol. The van der Waals surface area contributed by atoms with Crippen LogP contribution in [0.15, 0.2) is 42.5 Å². The van der Waals surface area contributed by atoms with Gasteiger partial charge in [0.15, 0.2) is 0 Å². The van der Waals surface area contributed by atoms with Crippen LogP contribution >= 0.6 is 0 Å². The molecule has 1 heterocycles. The highest BCUT2D eigenvalue weighted by atomic mass is 16.5. The van der Waals surface area contributed by atoms with Gasteiger partial charge in [0.25, 0.3) is 0 Å². The Morgan fingerprint density at radius 3 is 2.26 bits per heavy atom. The summed E-state index contributed by atoms with van der Waals surface area (Å²) in [5.41, 5.74) is 7.27. The second kappa shape index (κ2) is 11.0. The van der Waals surface area contributed by atoms with Crippen LogP contribution in [0.1, 0.15) is 11.1 Å². The second-order valence-corrected chi connectivity index (χ2v) is 7.70. The first-order valence-corrected chi connectivity index (χ1v) is 10.4. The Balaban J connectivity index is 1.42. The molecule has 2 aromatic rings. The van der Waals surface area contributed by atoms with Gasteiger partial charge >= 0.3 is 0 Å². The molecule has 0 radical (unpaired) electrons. The number of ether oxygens (including phenoxy) is 3. The third-order valence-corrected chi connectivity index (χ3v) is 5.34. The molecule has 0 spiro atoms. The van der Waals surface area contributed by atoms with Crippen molar-refractivity contribution >= 4 is 5.84 Å². The van der Waals surface area contributed by atoms with E-state index in [1.165, 1.54) is 0 Å². The highest BCUT2D eigenvalue weighted by Crippen LogP contribution is 2.23. The van der Waals surface area contributed by atoms with Crippen LogP contribution in [0.3, 0.4) is 0 Å². The van der Waals surface area contributed by atoms with Gasteiger partial charge in [-0.05, 0) is 29.8 Å². The quantitative estimate of drug-likeness (QED) is 0.390. The molecule has 0 bridgehead atoms. The van der Waals surface area contributed by atoms with Gasteiger partial charge in [-0.2, -0.15) is 0 Å². The van der Waals surface area contributed by atoms with Crippen molar-refractivity contribution < 1.29 is 19.3 Å². The van der Waals surface area contributed by atoms with Gasteiger partial charge < -0.3 is 25.1 Å². The minimum Gasteiger partial charge on any atom is -0.497 e. The number of aliphatic hydroxyl groups is 1. The summed E-state index contributed by atoms with van der Waals surface area (Å²) in [4.78, 5) is 4.64. The van der Waals surface area contributed by atoms with Crippen LogP contribution < -0.4 is 19.9 Å². The number of methoxy groups -OCH3 is 2. The van der Waals surface area contributed by atoms with Crippen LogP contribution in [0.2, 0.25) is 0 Å². The monoisotopic (exact) mass is 428 g/mol. The number of rotatable bonds is 10. The number of piperazine rings is 1. The first kappa shape index (κ1) is 22.9. The van der Waals surface area contributed by atoms with Crippen molar-refractivity contribution in [3.05, 3.63) is 53.6 Å². The average molecular weight is 429 g/mol. The molecule has 8 heteroatoms. The fraction of sp³-hybridized carbons (Fsp3) is 0.435. The Morgan fingerprint density at radius 2 is 1.65 bits per heavy atom. The van der Waals surface area contributed by atoms with Crippen molar-refractivity contribution in [3.63, 3.8) is 0 Å². The highest BCUT2D eigenvalue weighted by Gasteiger charge is 2.20. The molecule has 0 aliphatic carbocycles. The van der Waals surface area contributed by atoms with Gasteiger partial charge in [-0.15, -0.1) is 0 Å². The van der Waals surface area contributed by atoms with Crippen LogP contribution in [0.25, 0.3) is 0 Å². The van der Waals surface area contributed by atoms with Gasteiger partial charge in [-0.25, -0.2) is 0 Å². The summed E-state index contributed by atoms with van der Waals surface area (Å²) in [6.07, 6.45) is -0.588. The molecule has 2 aromatic carbocycles. The lowest BCUT2D eigenvalue weighted by Crippen LogP contribution is -2.48. The van der Waals surface area contributed by atoms with E-state index in [2.05, 4.69) is 9.80 Å². The third-order valence-electron chi connectivity index (χ3n) is 5.34. The van der Waals surface area contributed by atoms with E-state index >= 15 is 0 Å². The molecule has 1 aliphatic heterocycles. The Kier molecular flexibility index (Phi) is 8.11. The Hall–Kier alpha value is -2.81. The Bertz CT molecular complexity index is 846. The van der Waals surface area contributed by atoms with Crippen LogP contribution in [-0.2, 0) is 6.54 Å². The van der Waals surface area contributed by atoms with Crippen LogP contribution in [-0.4, -0.2) is 80.4 Å². The van der Waals surface area contributed by atoms with E-state index < -0.39 is 6.10 Å². The lowest BCUT2D eigenvalue weighted by Gasteiger charge is -2.35. The SMILES string of the molecule is COc1cc(CN2CCN(CC(O)COc3cccc(C(=N)N)c3)CC2)cc(OC)c1. The number of nitrogen functional groups attached to an aromatic ring is 1. The lowest BCUT2D eigenvalue weighted by molar-refractivity contribution is 0.0446. The molecule has 0 amide bonds. The minimum absolute atomic E-state index is 0.00346. The minimum atomic E-state index is -0.588. The molecule has 4 N–H and O–H groups in total. The lowest BCUT2D eigenvalue weighted by atomic mass is 10.1. The summed E-state index contributed by atoms with van der Waals surface area (Å²) in [6, 6.07) is 13.0. The van der Waals surface area contributed by atoms with E-state index in [1.54, 1.807) is 38.5 Å². The van der Waals surface area contributed by atoms with E-state index in [1.807, 2.05) is 18.2 Å². The van der Waals surface area contributed by atoms with Crippen molar-refractivity contribution in [2.24, 2.45) is 5.73 Å². The molecule has 31 heavy (non-hydrogen) atoms. The number of hydrogen-bond donors (Lipinski definition) is 3. The van der Waals surface area contributed by atoms with Gasteiger partial charge in [0, 0.05) is 50.9 Å². The third kappa shape index (κ3) is 6.85. The van der Waals surface area contributed by atoms with Crippen LogP contribution in [0.4, 0.5) is 0 Å². The van der Waals surface area contributed by atoms with Gasteiger partial charge in [-0.1, -0.05) is 12.1 Å². The molecule has 168 valence electrons. The fourth-order valence-electron chi connectivity index (χ4n) is 3.64. The van der Waals surface area contributed by atoms with E-state index in [0.717, 1.165) is 49.8 Å². The van der Waals surface area contributed by atoms with Gasteiger partial charge in [0.05, 0.1) is 14.2 Å². The number of benzene rings is 2. The zero-order chi connectivity index (χ0) is 22.2. The maximum atomic E-state index is 10.4. The Labute approximate surface area is 183 Å². The van der Waals surface area contributed by atoms with Crippen molar-refractivity contribution in [2.45, 2.75) is 12.6 Å². The standard InChI is InChI=1S/C23H32N4O4/c1-29-21-10-17(11-22(13-21)30-2)14-26-6-8-27(9-7-26)15-19(28)16-31-20-5-3-4-18(12-20)23(24)25/h3-5,10-13,19,28H,6-9,14-16H2,1-2H3,(H3,24,25). The van der Waals surface area contributed by atoms with Gasteiger partial charge in [0.1, 0.15) is 35.8 Å². The molecule has 1 fully saturated rings. The van der Waals surface area contributed by atoms with Crippen molar-refractivity contribution in [3.8, 4) is 17.2 Å². The molecular weight excluding hydrogens is 396 g/mol. The average Bonchev–Trinajstić information content (AvgIpc) is 2.79. The molecule has 3 rings (SSSR count). The number of nitrogens with two attached hydrogens (primary N) is 1. The molecule has 0 aromatic heterocycles. The summed E-state index contributed by atoms with van der Waals surface area (Å²) in [7, 11) is 3.32. The summed E-state index contributed by atoms with van der Waals surface area (Å²) < 4.78 is 16.4. The molecule has 1 saturated heterocycles. The summed E-state index contributed by atoms with van der Waals surface area (Å²) in [6.45, 7) is 5.22. The topological polar surface area (TPSA) is 104 Å². The number of hydrogen-bond acceptors (Lipinski definition) is 7. The predicted octanol–water partition coefficient (Wildman–Crippen LogP) is 1.55. The maximum absolute atomic E-state index is 10.4. The second-order valence-electron chi connectivity index (χ2n) is 7.70. The molecule has 1 aliphatic rings. The summed E-state index contributed by atoms with van der Waals surface area (Å²) >= 11 is 0. The molecule has 1 unspecified atom stereocenters. The maximum Gasteiger partial charge on any atom is 0.122 e. The number of nitrogens with zero attached hydrogens (tertiary/aromatic N) is 2. The first-order chi connectivity index (χ1) is 15.0.